The molecule has 6 atom stereocenters. The van der Waals surface area contributed by atoms with E-state index in [9.17, 15) is 19.5 Å². The normalized spacial score (nSPS) is 29.5. The van der Waals surface area contributed by atoms with Gasteiger partial charge in [-0.25, -0.2) is 0 Å². The Bertz CT molecular complexity index is 1220. The topological polar surface area (TPSA) is 90.4 Å². The minimum absolute atomic E-state index is 0.0269. The highest BCUT2D eigenvalue weighted by Crippen LogP contribution is 2.65. The van der Waals surface area contributed by atoms with Crippen molar-refractivity contribution in [1.29, 1.82) is 0 Å². The number of unbranched alkanes of at least 4 members (excludes halogenated alkanes) is 2. The highest BCUT2D eigenvalue weighted by molar-refractivity contribution is 6.05. The third kappa shape index (κ3) is 5.21. The van der Waals surface area contributed by atoms with Crippen molar-refractivity contribution in [3.8, 4) is 0 Å². The van der Waals surface area contributed by atoms with Gasteiger partial charge in [0.05, 0.1) is 17.4 Å². The van der Waals surface area contributed by atoms with Crippen molar-refractivity contribution in [1.82, 2.24) is 9.80 Å². The van der Waals surface area contributed by atoms with E-state index in [2.05, 4.69) is 20.1 Å². The minimum Gasteiger partial charge on any atom is -0.396 e. The zero-order valence-electron chi connectivity index (χ0n) is 26.1. The summed E-state index contributed by atoms with van der Waals surface area (Å²) >= 11 is 0. The average Bonchev–Trinajstić information content (AvgIpc) is 3.46. The van der Waals surface area contributed by atoms with Gasteiger partial charge in [0.2, 0.25) is 11.8 Å². The first-order valence-electron chi connectivity index (χ1n) is 15.5. The molecule has 2 bridgehead atoms. The summed E-state index contributed by atoms with van der Waals surface area (Å²) in [5, 5.41) is 9.35. The van der Waals surface area contributed by atoms with Gasteiger partial charge in [0.15, 0.2) is 0 Å². The van der Waals surface area contributed by atoms with Crippen LogP contribution in [0.5, 0.6) is 0 Å². The van der Waals surface area contributed by atoms with Gasteiger partial charge >= 0.3 is 0 Å². The summed E-state index contributed by atoms with van der Waals surface area (Å²) in [6, 6.07) is 5.14. The molecule has 3 amide bonds. The summed E-state index contributed by atoms with van der Waals surface area (Å²) in [6.07, 6.45) is 6.74. The molecule has 230 valence electrons. The third-order valence-electron chi connectivity index (χ3n) is 9.76. The molecule has 8 heteroatoms. The van der Waals surface area contributed by atoms with Crippen LogP contribution in [0, 0.1) is 31.6 Å². The molecule has 1 aromatic rings. The van der Waals surface area contributed by atoms with Crippen LogP contribution in [0.3, 0.4) is 0 Å². The molecule has 3 saturated heterocycles. The Kier molecular flexibility index (Phi) is 9.68. The largest absolute Gasteiger partial charge is 0.396 e. The van der Waals surface area contributed by atoms with Crippen LogP contribution >= 0.6 is 0 Å². The molecule has 1 spiro atoms. The number of amides is 3. The van der Waals surface area contributed by atoms with E-state index in [1.54, 1.807) is 26.9 Å². The minimum atomic E-state index is -1.11. The van der Waals surface area contributed by atoms with Crippen LogP contribution in [-0.4, -0.2) is 82.7 Å². The Morgan fingerprint density at radius 3 is 2.50 bits per heavy atom. The van der Waals surface area contributed by atoms with Crippen molar-refractivity contribution in [2.75, 3.05) is 37.7 Å². The second-order valence-electron chi connectivity index (χ2n) is 12.6. The molecule has 3 aliphatic rings. The number of benzene rings is 1. The van der Waals surface area contributed by atoms with Gasteiger partial charge in [0.25, 0.3) is 5.91 Å². The van der Waals surface area contributed by atoms with Crippen molar-refractivity contribution < 1.29 is 24.2 Å². The number of ether oxygens (including phenoxy) is 1. The SMILES string of the molecule is C=CCN(CCC)C(=O)[C@H]1[C@H]2C(=O)N(CCCCCO)C(C(=O)N(CC=C)c3cc(C)ccc3C)C23CC(C)[C@]1(C)O3. The summed E-state index contributed by atoms with van der Waals surface area (Å²) in [5.41, 5.74) is 0.789. The molecule has 3 aliphatic heterocycles. The van der Waals surface area contributed by atoms with E-state index in [4.69, 9.17) is 4.74 Å². The molecule has 0 aliphatic carbocycles. The predicted molar refractivity (Wildman–Crippen MR) is 165 cm³/mol. The summed E-state index contributed by atoms with van der Waals surface area (Å²) in [7, 11) is 0. The molecule has 0 saturated carbocycles. The first-order valence-corrected chi connectivity index (χ1v) is 15.5. The summed E-state index contributed by atoms with van der Waals surface area (Å²) < 4.78 is 6.95. The zero-order valence-corrected chi connectivity index (χ0v) is 26.1. The average molecular weight is 580 g/mol. The van der Waals surface area contributed by atoms with Gasteiger partial charge < -0.3 is 24.5 Å². The number of anilines is 1. The fourth-order valence-corrected chi connectivity index (χ4v) is 7.71. The molecule has 3 heterocycles. The number of fused-ring (bicyclic) bond motifs is 1. The number of hydrogen-bond donors (Lipinski definition) is 1. The number of hydrogen-bond acceptors (Lipinski definition) is 5. The lowest BCUT2D eigenvalue weighted by molar-refractivity contribution is -0.151. The molecule has 8 nitrogen and oxygen atoms in total. The van der Waals surface area contributed by atoms with Gasteiger partial charge in [-0.3, -0.25) is 14.4 Å². The molecular formula is C34H49N3O5. The summed E-state index contributed by atoms with van der Waals surface area (Å²) in [6.45, 7) is 19.5. The maximum Gasteiger partial charge on any atom is 0.253 e. The molecule has 3 fully saturated rings. The van der Waals surface area contributed by atoms with Gasteiger partial charge in [0, 0.05) is 38.5 Å². The lowest BCUT2D eigenvalue weighted by Crippen LogP contribution is -2.57. The van der Waals surface area contributed by atoms with Gasteiger partial charge in [-0.05, 0) is 76.0 Å². The maximum absolute atomic E-state index is 14.9. The second-order valence-corrected chi connectivity index (χ2v) is 12.6. The number of rotatable bonds is 14. The van der Waals surface area contributed by atoms with E-state index >= 15 is 0 Å². The van der Waals surface area contributed by atoms with Crippen LogP contribution in [-0.2, 0) is 19.1 Å². The molecular weight excluding hydrogens is 530 g/mol. The molecule has 1 aromatic carbocycles. The van der Waals surface area contributed by atoms with Gasteiger partial charge in [0.1, 0.15) is 11.6 Å². The van der Waals surface area contributed by atoms with Crippen LogP contribution in [0.25, 0.3) is 0 Å². The number of aliphatic hydroxyl groups is 1. The maximum atomic E-state index is 14.9. The van der Waals surface area contributed by atoms with E-state index in [0.717, 1.165) is 29.7 Å². The first kappa shape index (κ1) is 32.0. The quantitative estimate of drug-likeness (QED) is 0.260. The highest BCUT2D eigenvalue weighted by Gasteiger charge is 2.80. The fraction of sp³-hybridized carbons (Fsp3) is 0.618. The number of carbonyl (C=O) groups is 3. The van der Waals surface area contributed by atoms with Crippen molar-refractivity contribution in [2.45, 2.75) is 84.0 Å². The van der Waals surface area contributed by atoms with E-state index in [-0.39, 0.29) is 36.8 Å². The van der Waals surface area contributed by atoms with E-state index in [1.807, 2.05) is 45.9 Å². The lowest BCUT2D eigenvalue weighted by atomic mass is 9.62. The molecule has 0 radical (unpaired) electrons. The van der Waals surface area contributed by atoms with Crippen LogP contribution in [0.1, 0.15) is 64.0 Å². The lowest BCUT2D eigenvalue weighted by Gasteiger charge is -2.39. The zero-order chi connectivity index (χ0) is 30.8. The van der Waals surface area contributed by atoms with E-state index in [1.165, 1.54) is 0 Å². The van der Waals surface area contributed by atoms with Gasteiger partial charge in [-0.1, -0.05) is 38.1 Å². The number of aliphatic hydroxyl groups excluding tert-OH is 1. The van der Waals surface area contributed by atoms with Crippen molar-refractivity contribution in [3.05, 3.63) is 54.6 Å². The summed E-state index contributed by atoms with van der Waals surface area (Å²) in [4.78, 5) is 48.8. The smallest absolute Gasteiger partial charge is 0.253 e. The van der Waals surface area contributed by atoms with Crippen LogP contribution < -0.4 is 4.90 Å². The summed E-state index contributed by atoms with van der Waals surface area (Å²) in [5.74, 6) is -1.95. The van der Waals surface area contributed by atoms with Crippen molar-refractivity contribution in [3.63, 3.8) is 0 Å². The van der Waals surface area contributed by atoms with Crippen molar-refractivity contribution >= 4 is 23.4 Å². The van der Waals surface area contributed by atoms with Crippen LogP contribution in [0.15, 0.2) is 43.5 Å². The monoisotopic (exact) mass is 579 g/mol. The first-order chi connectivity index (χ1) is 20.0. The Morgan fingerprint density at radius 2 is 1.86 bits per heavy atom. The molecule has 1 N–H and O–H groups in total. The van der Waals surface area contributed by atoms with E-state index in [0.29, 0.717) is 38.9 Å². The van der Waals surface area contributed by atoms with E-state index < -0.39 is 29.1 Å². The Labute approximate surface area is 251 Å². The Balaban J connectivity index is 1.83. The molecule has 3 unspecified atom stereocenters. The van der Waals surface area contributed by atoms with Gasteiger partial charge in [-0.2, -0.15) is 0 Å². The Morgan fingerprint density at radius 1 is 1.14 bits per heavy atom. The Hall–Kier alpha value is -2.97. The molecule has 42 heavy (non-hydrogen) atoms. The van der Waals surface area contributed by atoms with Crippen LogP contribution in [0.4, 0.5) is 5.69 Å². The van der Waals surface area contributed by atoms with Crippen LogP contribution in [0.2, 0.25) is 0 Å². The van der Waals surface area contributed by atoms with Gasteiger partial charge in [-0.15, -0.1) is 13.2 Å². The number of nitrogens with zero attached hydrogens (tertiary/aromatic N) is 3. The number of likely N-dealkylation sites (tertiary alicyclic amines) is 1. The third-order valence-corrected chi connectivity index (χ3v) is 9.76. The fourth-order valence-electron chi connectivity index (χ4n) is 7.71. The standard InChI is InChI=1S/C34H49N3O5/c1-8-16-35(17-9-2)30(39)27-28-31(40)37(19-12-11-13-20-38)29(34(28)22-25(6)33(27,7)42-34)32(41)36(18-10-3)26-21-23(4)14-15-24(26)5/h8,10,14-15,21,25,27-29,38H,1,3,9,11-13,16-20,22H2,2,4-7H3/t25?,27-,28+,29?,33+,34?/m1/s1. The number of carbonyl (C=O) groups excluding carboxylic acids is 3. The number of aryl methyl sites for hydroxylation is 2. The highest BCUT2D eigenvalue weighted by atomic mass is 16.5. The van der Waals surface area contributed by atoms with Crippen molar-refractivity contribution in [2.24, 2.45) is 17.8 Å². The molecule has 0 aromatic heterocycles. The second kappa shape index (κ2) is 12.7. The molecule has 4 rings (SSSR count). The predicted octanol–water partition coefficient (Wildman–Crippen LogP) is 4.42.